The second-order valence-corrected chi connectivity index (χ2v) is 8.74. The number of hydrogen-bond acceptors (Lipinski definition) is 6. The molecule has 0 atom stereocenters. The predicted molar refractivity (Wildman–Crippen MR) is 121 cm³/mol. The van der Waals surface area contributed by atoms with Crippen molar-refractivity contribution in [2.45, 2.75) is 35.4 Å². The van der Waals surface area contributed by atoms with Crippen molar-refractivity contribution in [3.05, 3.63) is 82.7 Å². The molecule has 0 radical (unpaired) electrons. The number of halogens is 2. The summed E-state index contributed by atoms with van der Waals surface area (Å²) >= 11 is 1.90. The van der Waals surface area contributed by atoms with E-state index in [0.29, 0.717) is 33.1 Å². The number of nitrogens with zero attached hydrogens (tertiary/aromatic N) is 2. The Labute approximate surface area is 192 Å². The minimum absolute atomic E-state index is 0.241. The normalized spacial score (nSPS) is 10.8. The van der Waals surface area contributed by atoms with Crippen molar-refractivity contribution >= 4 is 35.3 Å². The number of hydrazine groups is 1. The first kappa shape index (κ1) is 23.7. The Morgan fingerprint density at radius 3 is 1.88 bits per heavy atom. The second-order valence-electron chi connectivity index (χ2n) is 6.73. The monoisotopic (exact) mass is 474 g/mol. The summed E-state index contributed by atoms with van der Waals surface area (Å²) in [5.74, 6) is -2.89. The summed E-state index contributed by atoms with van der Waals surface area (Å²) in [7, 11) is 0. The van der Waals surface area contributed by atoms with E-state index in [1.54, 1.807) is 12.1 Å². The highest BCUT2D eigenvalue weighted by Crippen LogP contribution is 2.25. The Morgan fingerprint density at radius 2 is 1.38 bits per heavy atom. The average Bonchev–Trinajstić information content (AvgIpc) is 2.75. The van der Waals surface area contributed by atoms with Gasteiger partial charge in [0.1, 0.15) is 0 Å². The van der Waals surface area contributed by atoms with Crippen molar-refractivity contribution < 1.29 is 18.4 Å². The van der Waals surface area contributed by atoms with Crippen molar-refractivity contribution in [2.24, 2.45) is 0 Å². The number of nitrogens with one attached hydrogen (secondary N) is 2. The van der Waals surface area contributed by atoms with Gasteiger partial charge < -0.3 is 0 Å². The zero-order valence-corrected chi connectivity index (χ0v) is 18.9. The number of amides is 2. The standard InChI is InChI=1S/C22H20F2N4O2S2/c1-13-11-14(2)26-22(25-13)31-12-15-3-5-16(6-4-15)19(29)27-28-20(30)17-7-9-18(10-8-17)32-21(23)24/h3-11,21H,12H2,1-2H3,(H,27,29)(H,28,30). The molecule has 0 aliphatic carbocycles. The fourth-order valence-electron chi connectivity index (χ4n) is 2.70. The molecule has 0 spiro atoms. The molecule has 32 heavy (non-hydrogen) atoms. The third-order valence-electron chi connectivity index (χ3n) is 4.18. The van der Waals surface area contributed by atoms with Crippen LogP contribution in [0.4, 0.5) is 8.78 Å². The smallest absolute Gasteiger partial charge is 0.267 e. The number of alkyl halides is 2. The number of aromatic nitrogens is 2. The van der Waals surface area contributed by atoms with E-state index < -0.39 is 17.6 Å². The molecule has 1 heterocycles. The lowest BCUT2D eigenvalue weighted by molar-refractivity contribution is 0.0846. The topological polar surface area (TPSA) is 84.0 Å². The van der Waals surface area contributed by atoms with Crippen LogP contribution in [0, 0.1) is 13.8 Å². The highest BCUT2D eigenvalue weighted by Gasteiger charge is 2.11. The molecule has 0 saturated heterocycles. The van der Waals surface area contributed by atoms with Gasteiger partial charge in [-0.15, -0.1) is 0 Å². The van der Waals surface area contributed by atoms with E-state index in [1.165, 1.54) is 36.0 Å². The molecule has 10 heteroatoms. The van der Waals surface area contributed by atoms with Gasteiger partial charge in [-0.25, -0.2) is 9.97 Å². The van der Waals surface area contributed by atoms with Crippen molar-refractivity contribution in [1.82, 2.24) is 20.8 Å². The summed E-state index contributed by atoms with van der Waals surface area (Å²) in [6.07, 6.45) is 0. The SMILES string of the molecule is Cc1cc(C)nc(SCc2ccc(C(=O)NNC(=O)c3ccc(SC(F)F)cc3)cc2)n1. The molecule has 166 valence electrons. The van der Waals surface area contributed by atoms with Gasteiger partial charge in [-0.3, -0.25) is 20.4 Å². The molecule has 2 amide bonds. The lowest BCUT2D eigenvalue weighted by atomic mass is 10.1. The fraction of sp³-hybridized carbons (Fsp3) is 0.182. The number of carbonyl (C=O) groups excluding carboxylic acids is 2. The molecular formula is C22H20F2N4O2S2. The molecular weight excluding hydrogens is 454 g/mol. The molecule has 0 aliphatic heterocycles. The van der Waals surface area contributed by atoms with Gasteiger partial charge in [0.2, 0.25) is 0 Å². The van der Waals surface area contributed by atoms with Crippen LogP contribution in [0.3, 0.4) is 0 Å². The molecule has 1 aromatic heterocycles. The molecule has 2 N–H and O–H groups in total. The van der Waals surface area contributed by atoms with E-state index >= 15 is 0 Å². The van der Waals surface area contributed by atoms with Gasteiger partial charge in [0.25, 0.3) is 17.6 Å². The highest BCUT2D eigenvalue weighted by atomic mass is 32.2. The molecule has 0 unspecified atom stereocenters. The number of thioether (sulfide) groups is 2. The van der Waals surface area contributed by atoms with Crippen LogP contribution in [0.1, 0.15) is 37.7 Å². The van der Waals surface area contributed by atoms with Crippen LogP contribution in [0.5, 0.6) is 0 Å². The summed E-state index contributed by atoms with van der Waals surface area (Å²) in [6.45, 7) is 3.85. The van der Waals surface area contributed by atoms with E-state index in [1.807, 2.05) is 32.0 Å². The van der Waals surface area contributed by atoms with Crippen molar-refractivity contribution in [1.29, 1.82) is 0 Å². The Balaban J connectivity index is 1.50. The minimum Gasteiger partial charge on any atom is -0.267 e. The molecule has 0 bridgehead atoms. The van der Waals surface area contributed by atoms with Gasteiger partial charge >= 0.3 is 0 Å². The number of hydrogen-bond donors (Lipinski definition) is 2. The summed E-state index contributed by atoms with van der Waals surface area (Å²) in [4.78, 5) is 33.6. The summed E-state index contributed by atoms with van der Waals surface area (Å²) < 4.78 is 24.7. The first-order valence-electron chi connectivity index (χ1n) is 9.50. The number of carbonyl (C=O) groups is 2. The van der Waals surface area contributed by atoms with Gasteiger partial charge in [0, 0.05) is 33.2 Å². The van der Waals surface area contributed by atoms with Gasteiger partial charge in [0.05, 0.1) is 0 Å². The Morgan fingerprint density at radius 1 is 0.875 bits per heavy atom. The highest BCUT2D eigenvalue weighted by molar-refractivity contribution is 7.99. The zero-order chi connectivity index (χ0) is 23.1. The Kier molecular flexibility index (Phi) is 8.18. The number of rotatable bonds is 7. The van der Waals surface area contributed by atoms with Crippen molar-refractivity contribution in [3.8, 4) is 0 Å². The first-order valence-corrected chi connectivity index (χ1v) is 11.4. The van der Waals surface area contributed by atoms with Crippen LogP contribution < -0.4 is 10.9 Å². The maximum atomic E-state index is 12.4. The van der Waals surface area contributed by atoms with E-state index in [9.17, 15) is 18.4 Å². The van der Waals surface area contributed by atoms with Crippen LogP contribution in [0.15, 0.2) is 64.6 Å². The third-order valence-corrected chi connectivity index (χ3v) is 5.82. The first-order chi connectivity index (χ1) is 15.3. The van der Waals surface area contributed by atoms with Crippen LogP contribution >= 0.6 is 23.5 Å². The van der Waals surface area contributed by atoms with Gasteiger partial charge in [-0.2, -0.15) is 8.78 Å². The van der Waals surface area contributed by atoms with Crippen LogP contribution in [0.2, 0.25) is 0 Å². The van der Waals surface area contributed by atoms with Gasteiger partial charge in [0.15, 0.2) is 5.16 Å². The molecule has 3 rings (SSSR count). The molecule has 2 aromatic carbocycles. The quantitative estimate of drug-likeness (QED) is 0.291. The van der Waals surface area contributed by atoms with Crippen molar-refractivity contribution in [2.75, 3.05) is 0 Å². The predicted octanol–water partition coefficient (Wildman–Crippen LogP) is 4.78. The molecule has 0 saturated carbocycles. The van der Waals surface area contributed by atoms with E-state index in [-0.39, 0.29) is 5.56 Å². The number of aryl methyl sites for hydroxylation is 2. The summed E-state index contributed by atoms with van der Waals surface area (Å²) in [6, 6.07) is 14.6. The molecule has 0 aliphatic rings. The van der Waals surface area contributed by atoms with E-state index in [2.05, 4.69) is 20.8 Å². The lowest BCUT2D eigenvalue weighted by Crippen LogP contribution is -2.41. The van der Waals surface area contributed by atoms with Crippen LogP contribution in [0.25, 0.3) is 0 Å². The Bertz CT molecular complexity index is 1070. The largest absolute Gasteiger partial charge is 0.288 e. The molecule has 3 aromatic rings. The third kappa shape index (κ3) is 7.03. The van der Waals surface area contributed by atoms with E-state index in [4.69, 9.17) is 0 Å². The van der Waals surface area contributed by atoms with Crippen molar-refractivity contribution in [3.63, 3.8) is 0 Å². The lowest BCUT2D eigenvalue weighted by Gasteiger charge is -2.09. The van der Waals surface area contributed by atoms with Gasteiger partial charge in [-0.1, -0.05) is 35.7 Å². The summed E-state index contributed by atoms with van der Waals surface area (Å²) in [5.41, 5.74) is 8.11. The van der Waals surface area contributed by atoms with Gasteiger partial charge in [-0.05, 0) is 61.9 Å². The van der Waals surface area contributed by atoms with Crippen LogP contribution in [-0.4, -0.2) is 27.5 Å². The maximum Gasteiger partial charge on any atom is 0.288 e. The number of benzene rings is 2. The fourth-order valence-corrected chi connectivity index (χ4v) is 4.11. The van der Waals surface area contributed by atoms with Crippen LogP contribution in [-0.2, 0) is 5.75 Å². The molecule has 0 fully saturated rings. The average molecular weight is 475 g/mol. The second kappa shape index (κ2) is 11.1. The Hall–Kier alpha value is -2.98. The van der Waals surface area contributed by atoms with E-state index in [0.717, 1.165) is 17.0 Å². The summed E-state index contributed by atoms with van der Waals surface area (Å²) in [5, 5.41) is 0.702. The maximum absolute atomic E-state index is 12.4. The minimum atomic E-state index is -2.53. The zero-order valence-electron chi connectivity index (χ0n) is 17.3. The molecule has 6 nitrogen and oxygen atoms in total.